The van der Waals surface area contributed by atoms with E-state index < -0.39 is 0 Å². The summed E-state index contributed by atoms with van der Waals surface area (Å²) in [5.74, 6) is 0.755. The minimum absolute atomic E-state index is 0.0120. The third-order valence-electron chi connectivity index (χ3n) is 3.08. The number of halogens is 2. The number of hydrogen-bond donors (Lipinski definition) is 0. The summed E-state index contributed by atoms with van der Waals surface area (Å²) in [6, 6.07) is 11.5. The van der Waals surface area contributed by atoms with Crippen LogP contribution in [0.5, 0.6) is 5.75 Å². The number of carbonyl (C=O) groups is 1. The number of ether oxygens (including phenoxy) is 1. The molecule has 0 atom stereocenters. The molecule has 1 aliphatic rings. The van der Waals surface area contributed by atoms with Gasteiger partial charge in [-0.2, -0.15) is 0 Å². The molecule has 1 heterocycles. The van der Waals surface area contributed by atoms with Crippen molar-refractivity contribution in [2.24, 2.45) is 0 Å². The van der Waals surface area contributed by atoms with E-state index in [4.69, 9.17) is 4.74 Å². The van der Waals surface area contributed by atoms with Crippen molar-refractivity contribution in [2.75, 3.05) is 6.61 Å². The van der Waals surface area contributed by atoms with Gasteiger partial charge in [0.2, 0.25) is 0 Å². The predicted octanol–water partition coefficient (Wildman–Crippen LogP) is 4.22. The molecule has 4 heteroatoms. The van der Waals surface area contributed by atoms with Gasteiger partial charge in [-0.05, 0) is 52.4 Å². The minimum atomic E-state index is 0.0120. The molecule has 0 N–H and O–H groups in total. The highest BCUT2D eigenvalue weighted by Gasteiger charge is 2.22. The minimum Gasteiger partial charge on any atom is -0.492 e. The normalized spacial score (nSPS) is 12.9. The Hall–Kier alpha value is -0.880. The zero-order valence-corrected chi connectivity index (χ0v) is 13.7. The lowest BCUT2D eigenvalue weighted by Crippen LogP contribution is -2.04. The first-order valence-electron chi connectivity index (χ1n) is 5.90. The van der Waals surface area contributed by atoms with Crippen molar-refractivity contribution in [3.05, 3.63) is 61.1 Å². The summed E-state index contributed by atoms with van der Waals surface area (Å²) in [5.41, 5.74) is 2.44. The predicted molar refractivity (Wildman–Crippen MR) is 85.9 cm³/mol. The van der Waals surface area contributed by atoms with E-state index >= 15 is 0 Å². The number of hydrogen-bond acceptors (Lipinski definition) is 2. The maximum Gasteiger partial charge on any atom is 0.196 e. The molecule has 0 unspecified atom stereocenters. The molecule has 2 aromatic carbocycles. The Bertz CT molecular complexity index is 667. The van der Waals surface area contributed by atoms with Crippen molar-refractivity contribution in [1.82, 2.24) is 0 Å². The molecule has 0 spiro atoms. The molecule has 96 valence electrons. The van der Waals surface area contributed by atoms with Crippen LogP contribution in [0.4, 0.5) is 0 Å². The van der Waals surface area contributed by atoms with Gasteiger partial charge in [-0.15, -0.1) is 0 Å². The smallest absolute Gasteiger partial charge is 0.196 e. The van der Waals surface area contributed by atoms with E-state index in [2.05, 4.69) is 38.5 Å². The van der Waals surface area contributed by atoms with E-state index in [9.17, 15) is 4.79 Å². The number of carbonyl (C=O) groups excluding carboxylic acids is 1. The maximum atomic E-state index is 12.6. The number of ketones is 1. The van der Waals surface area contributed by atoms with Gasteiger partial charge in [0.1, 0.15) is 5.75 Å². The number of benzene rings is 2. The van der Waals surface area contributed by atoms with Crippen molar-refractivity contribution < 1.29 is 9.53 Å². The number of rotatable bonds is 2. The van der Waals surface area contributed by atoms with Crippen molar-refractivity contribution in [3.63, 3.8) is 0 Å². The molecule has 19 heavy (non-hydrogen) atoms. The first-order chi connectivity index (χ1) is 9.15. The van der Waals surface area contributed by atoms with E-state index in [1.807, 2.05) is 36.4 Å². The Labute approximate surface area is 133 Å². The van der Waals surface area contributed by atoms with Gasteiger partial charge in [0.15, 0.2) is 5.78 Å². The lowest BCUT2D eigenvalue weighted by atomic mass is 10.00. The van der Waals surface area contributed by atoms with Crippen molar-refractivity contribution in [1.29, 1.82) is 0 Å². The molecule has 3 rings (SSSR count). The molecule has 2 aromatic rings. The Morgan fingerprint density at radius 3 is 2.89 bits per heavy atom. The summed E-state index contributed by atoms with van der Waals surface area (Å²) < 4.78 is 7.59. The van der Waals surface area contributed by atoms with Crippen molar-refractivity contribution in [2.45, 2.75) is 6.42 Å². The zero-order chi connectivity index (χ0) is 13.4. The molecule has 1 aliphatic heterocycles. The van der Waals surface area contributed by atoms with Gasteiger partial charge in [0.05, 0.1) is 12.2 Å². The summed E-state index contributed by atoms with van der Waals surface area (Å²) in [4.78, 5) is 12.6. The van der Waals surface area contributed by atoms with Crippen molar-refractivity contribution >= 4 is 44.3 Å². The fourth-order valence-corrected chi connectivity index (χ4v) is 3.27. The quantitative estimate of drug-likeness (QED) is 0.528. The monoisotopic (exact) mass is 428 g/mol. The second-order valence-electron chi connectivity index (χ2n) is 4.38. The van der Waals surface area contributed by atoms with Gasteiger partial charge in [-0.3, -0.25) is 4.79 Å². The molecule has 0 amide bonds. The van der Waals surface area contributed by atoms with Crippen LogP contribution in [-0.2, 0) is 6.42 Å². The van der Waals surface area contributed by atoms with Crippen molar-refractivity contribution in [3.8, 4) is 5.75 Å². The molecule has 0 saturated heterocycles. The van der Waals surface area contributed by atoms with Gasteiger partial charge < -0.3 is 4.74 Å². The van der Waals surface area contributed by atoms with E-state index in [0.29, 0.717) is 17.7 Å². The first kappa shape index (κ1) is 13.1. The Balaban J connectivity index is 2.10. The van der Waals surface area contributed by atoms with Crippen LogP contribution in [0.2, 0.25) is 0 Å². The first-order valence-corrected chi connectivity index (χ1v) is 7.78. The van der Waals surface area contributed by atoms with Crippen LogP contribution in [0.25, 0.3) is 0 Å². The van der Waals surface area contributed by atoms with E-state index in [-0.39, 0.29) is 5.78 Å². The Kier molecular flexibility index (Phi) is 3.62. The SMILES string of the molecule is O=C(c1cccc(I)c1)c1cc(Br)cc2c1OCC2. The van der Waals surface area contributed by atoms with Gasteiger partial charge in [-0.25, -0.2) is 0 Å². The van der Waals surface area contributed by atoms with E-state index in [1.165, 1.54) is 0 Å². The molecule has 0 aromatic heterocycles. The fraction of sp³-hybridized carbons (Fsp3) is 0.133. The standard InChI is InChI=1S/C15H10BrIO2/c16-11-6-10-4-5-19-15(10)13(8-11)14(18)9-2-1-3-12(17)7-9/h1-3,6-8H,4-5H2. The van der Waals surface area contributed by atoms with Gasteiger partial charge in [0.25, 0.3) is 0 Å². The highest BCUT2D eigenvalue weighted by molar-refractivity contribution is 14.1. The Morgan fingerprint density at radius 2 is 2.11 bits per heavy atom. The summed E-state index contributed by atoms with van der Waals surface area (Å²) in [7, 11) is 0. The third-order valence-corrected chi connectivity index (χ3v) is 4.21. The van der Waals surface area contributed by atoms with Crippen LogP contribution < -0.4 is 4.74 Å². The molecular formula is C15H10BrIO2. The van der Waals surface area contributed by atoms with Crippen LogP contribution in [0.3, 0.4) is 0 Å². The lowest BCUT2D eigenvalue weighted by molar-refractivity contribution is 0.103. The van der Waals surface area contributed by atoms with Crippen LogP contribution in [0.15, 0.2) is 40.9 Å². The summed E-state index contributed by atoms with van der Waals surface area (Å²) in [5, 5.41) is 0. The zero-order valence-electron chi connectivity index (χ0n) is 9.95. The third kappa shape index (κ3) is 2.56. The maximum absolute atomic E-state index is 12.6. The summed E-state index contributed by atoms with van der Waals surface area (Å²) >= 11 is 5.67. The lowest BCUT2D eigenvalue weighted by Gasteiger charge is -2.08. The second kappa shape index (κ2) is 5.25. The molecule has 0 radical (unpaired) electrons. The highest BCUT2D eigenvalue weighted by Crippen LogP contribution is 2.34. The van der Waals surface area contributed by atoms with E-state index in [0.717, 1.165) is 25.8 Å². The molecule has 0 fully saturated rings. The van der Waals surface area contributed by atoms with Gasteiger partial charge in [-0.1, -0.05) is 28.1 Å². The molecule has 0 saturated carbocycles. The van der Waals surface area contributed by atoms with Crippen LogP contribution in [0, 0.1) is 3.57 Å². The largest absolute Gasteiger partial charge is 0.492 e. The highest BCUT2D eigenvalue weighted by atomic mass is 127. The Morgan fingerprint density at radius 1 is 1.26 bits per heavy atom. The second-order valence-corrected chi connectivity index (χ2v) is 6.54. The molecule has 0 aliphatic carbocycles. The molecule has 0 bridgehead atoms. The summed E-state index contributed by atoms with van der Waals surface area (Å²) in [6.45, 7) is 0.651. The average molecular weight is 429 g/mol. The number of fused-ring (bicyclic) bond motifs is 1. The molecule has 2 nitrogen and oxygen atoms in total. The average Bonchev–Trinajstić information content (AvgIpc) is 2.85. The topological polar surface area (TPSA) is 26.3 Å². The van der Waals surface area contributed by atoms with E-state index in [1.54, 1.807) is 0 Å². The van der Waals surface area contributed by atoms with Crippen LogP contribution in [-0.4, -0.2) is 12.4 Å². The van der Waals surface area contributed by atoms with Crippen LogP contribution >= 0.6 is 38.5 Å². The van der Waals surface area contributed by atoms with Crippen LogP contribution in [0.1, 0.15) is 21.5 Å². The summed E-state index contributed by atoms with van der Waals surface area (Å²) in [6.07, 6.45) is 0.862. The van der Waals surface area contributed by atoms with Gasteiger partial charge >= 0.3 is 0 Å². The molecular weight excluding hydrogens is 419 g/mol. The fourth-order valence-electron chi connectivity index (χ4n) is 2.22. The van der Waals surface area contributed by atoms with Gasteiger partial charge in [0, 0.05) is 20.0 Å².